The second-order valence-electron chi connectivity index (χ2n) is 6.22. The number of aryl methyl sites for hydroxylation is 1. The zero-order valence-corrected chi connectivity index (χ0v) is 14.8. The SMILES string of the molecule is Cc1nc(C(=O)Nc2ccc3nc(-c4cccc(F)c4)[nH]c3c2)ccc1C#N. The number of anilines is 1. The summed E-state index contributed by atoms with van der Waals surface area (Å²) in [6.45, 7) is 1.68. The van der Waals surface area contributed by atoms with Gasteiger partial charge in [-0.3, -0.25) is 4.79 Å². The molecule has 0 saturated carbocycles. The van der Waals surface area contributed by atoms with Crippen molar-refractivity contribution in [1.29, 1.82) is 5.26 Å². The fourth-order valence-corrected chi connectivity index (χ4v) is 2.86. The number of nitrogens with zero attached hydrogens (tertiary/aromatic N) is 3. The number of aromatic nitrogens is 3. The molecule has 0 saturated heterocycles. The van der Waals surface area contributed by atoms with E-state index in [1.54, 1.807) is 43.3 Å². The van der Waals surface area contributed by atoms with Gasteiger partial charge in [-0.2, -0.15) is 5.26 Å². The minimum absolute atomic E-state index is 0.224. The number of nitriles is 1. The maximum absolute atomic E-state index is 13.4. The highest BCUT2D eigenvalue weighted by Crippen LogP contribution is 2.23. The molecule has 4 aromatic rings. The average molecular weight is 371 g/mol. The van der Waals surface area contributed by atoms with Crippen molar-refractivity contribution in [2.75, 3.05) is 5.32 Å². The molecule has 2 N–H and O–H groups in total. The number of halogens is 1. The standard InChI is InChI=1S/C21H14FN5O/c1-12-14(11-23)5-7-18(24-12)21(28)25-16-6-8-17-19(10-16)27-20(26-17)13-3-2-4-15(22)9-13/h2-10H,1H3,(H,25,28)(H,26,27). The van der Waals surface area contributed by atoms with Crippen molar-refractivity contribution in [2.45, 2.75) is 6.92 Å². The number of imidazole rings is 1. The summed E-state index contributed by atoms with van der Waals surface area (Å²) in [5, 5.41) is 11.7. The number of nitrogens with one attached hydrogen (secondary N) is 2. The van der Waals surface area contributed by atoms with Gasteiger partial charge in [0.2, 0.25) is 0 Å². The van der Waals surface area contributed by atoms with Crippen molar-refractivity contribution in [1.82, 2.24) is 15.0 Å². The number of carbonyl (C=O) groups is 1. The van der Waals surface area contributed by atoms with Crippen LogP contribution in [0.15, 0.2) is 54.6 Å². The molecule has 4 rings (SSSR count). The normalized spacial score (nSPS) is 10.6. The van der Waals surface area contributed by atoms with Crippen molar-refractivity contribution >= 4 is 22.6 Å². The molecule has 0 atom stereocenters. The van der Waals surface area contributed by atoms with E-state index < -0.39 is 0 Å². The topological polar surface area (TPSA) is 94.5 Å². The zero-order valence-electron chi connectivity index (χ0n) is 14.8. The van der Waals surface area contributed by atoms with E-state index in [1.807, 2.05) is 6.07 Å². The van der Waals surface area contributed by atoms with Crippen LogP contribution in [-0.4, -0.2) is 20.9 Å². The van der Waals surface area contributed by atoms with Crippen molar-refractivity contribution in [3.63, 3.8) is 0 Å². The molecule has 6 nitrogen and oxygen atoms in total. The van der Waals surface area contributed by atoms with Gasteiger partial charge in [0.05, 0.1) is 22.3 Å². The summed E-state index contributed by atoms with van der Waals surface area (Å²) in [5.41, 5.74) is 3.77. The molecule has 0 spiro atoms. The van der Waals surface area contributed by atoms with Gasteiger partial charge in [0, 0.05) is 11.3 Å². The molecule has 2 aromatic heterocycles. The number of aromatic amines is 1. The molecule has 0 radical (unpaired) electrons. The van der Waals surface area contributed by atoms with E-state index >= 15 is 0 Å². The number of H-pyrrole nitrogens is 1. The second kappa shape index (κ2) is 6.93. The van der Waals surface area contributed by atoms with Gasteiger partial charge < -0.3 is 10.3 Å². The fourth-order valence-electron chi connectivity index (χ4n) is 2.86. The Hall–Kier alpha value is -4.05. The molecule has 0 aliphatic rings. The highest BCUT2D eigenvalue weighted by molar-refractivity contribution is 6.03. The van der Waals surface area contributed by atoms with E-state index in [-0.39, 0.29) is 17.4 Å². The lowest BCUT2D eigenvalue weighted by atomic mass is 10.2. The molecular formula is C21H14FN5O. The largest absolute Gasteiger partial charge is 0.338 e. The number of pyridine rings is 1. The summed E-state index contributed by atoms with van der Waals surface area (Å²) in [5.74, 6) is -0.171. The minimum atomic E-state index is -0.378. The molecule has 0 bridgehead atoms. The van der Waals surface area contributed by atoms with Crippen LogP contribution in [0.3, 0.4) is 0 Å². The third-order valence-corrected chi connectivity index (χ3v) is 4.28. The third-order valence-electron chi connectivity index (χ3n) is 4.28. The Morgan fingerprint density at radius 2 is 2.00 bits per heavy atom. The number of benzene rings is 2. The quantitative estimate of drug-likeness (QED) is 0.564. The van der Waals surface area contributed by atoms with Crippen LogP contribution in [0.2, 0.25) is 0 Å². The number of hydrogen-bond donors (Lipinski definition) is 2. The van der Waals surface area contributed by atoms with E-state index in [1.165, 1.54) is 18.2 Å². The molecule has 1 amide bonds. The van der Waals surface area contributed by atoms with Gasteiger partial charge in [-0.05, 0) is 49.4 Å². The number of carbonyl (C=O) groups excluding carboxylic acids is 1. The molecule has 0 unspecified atom stereocenters. The molecular weight excluding hydrogens is 357 g/mol. The molecule has 0 aliphatic heterocycles. The monoisotopic (exact) mass is 371 g/mol. The van der Waals surface area contributed by atoms with Crippen molar-refractivity contribution < 1.29 is 9.18 Å². The zero-order chi connectivity index (χ0) is 19.7. The van der Waals surface area contributed by atoms with E-state index in [2.05, 4.69) is 20.3 Å². The van der Waals surface area contributed by atoms with Gasteiger partial charge in [-0.25, -0.2) is 14.4 Å². The second-order valence-corrected chi connectivity index (χ2v) is 6.22. The highest BCUT2D eigenvalue weighted by atomic mass is 19.1. The first kappa shape index (κ1) is 17.4. The van der Waals surface area contributed by atoms with Crippen LogP contribution >= 0.6 is 0 Å². The van der Waals surface area contributed by atoms with Crippen molar-refractivity contribution in [3.05, 3.63) is 77.4 Å². The Kier molecular flexibility index (Phi) is 4.30. The van der Waals surface area contributed by atoms with Crippen LogP contribution in [0.1, 0.15) is 21.7 Å². The van der Waals surface area contributed by atoms with Crippen molar-refractivity contribution in [3.8, 4) is 17.5 Å². The predicted molar refractivity (Wildman–Crippen MR) is 103 cm³/mol. The van der Waals surface area contributed by atoms with E-state index in [9.17, 15) is 9.18 Å². The van der Waals surface area contributed by atoms with Crippen LogP contribution in [0.4, 0.5) is 10.1 Å². The molecule has 2 aromatic carbocycles. The van der Waals surface area contributed by atoms with Crippen LogP contribution in [0.25, 0.3) is 22.4 Å². The summed E-state index contributed by atoms with van der Waals surface area (Å²) in [4.78, 5) is 24.2. The Balaban J connectivity index is 1.60. The molecule has 28 heavy (non-hydrogen) atoms. The maximum atomic E-state index is 13.4. The summed E-state index contributed by atoms with van der Waals surface area (Å²) in [7, 11) is 0. The van der Waals surface area contributed by atoms with E-state index in [0.717, 1.165) is 0 Å². The Morgan fingerprint density at radius 1 is 1.14 bits per heavy atom. The predicted octanol–water partition coefficient (Wildman–Crippen LogP) is 4.20. The van der Waals surface area contributed by atoms with Gasteiger partial charge in [0.25, 0.3) is 5.91 Å². The fraction of sp³-hybridized carbons (Fsp3) is 0.0476. The summed E-state index contributed by atoms with van der Waals surface area (Å²) in [6.07, 6.45) is 0. The lowest BCUT2D eigenvalue weighted by Crippen LogP contribution is -2.14. The van der Waals surface area contributed by atoms with Gasteiger partial charge in [0.1, 0.15) is 23.4 Å². The lowest BCUT2D eigenvalue weighted by molar-refractivity contribution is 0.102. The molecule has 0 fully saturated rings. The summed E-state index contributed by atoms with van der Waals surface area (Å²) < 4.78 is 13.4. The van der Waals surface area contributed by atoms with Crippen LogP contribution in [-0.2, 0) is 0 Å². The first-order chi connectivity index (χ1) is 13.5. The molecule has 136 valence electrons. The number of hydrogen-bond acceptors (Lipinski definition) is 4. The number of amides is 1. The average Bonchev–Trinajstić information content (AvgIpc) is 3.11. The molecule has 0 aliphatic carbocycles. The molecule has 2 heterocycles. The van der Waals surface area contributed by atoms with Crippen LogP contribution in [0, 0.1) is 24.1 Å². The Labute approximate surface area is 159 Å². The lowest BCUT2D eigenvalue weighted by Gasteiger charge is -2.06. The number of fused-ring (bicyclic) bond motifs is 1. The first-order valence-electron chi connectivity index (χ1n) is 8.48. The summed E-state index contributed by atoms with van der Waals surface area (Å²) in [6, 6.07) is 16.5. The van der Waals surface area contributed by atoms with Gasteiger partial charge in [0.15, 0.2) is 0 Å². The van der Waals surface area contributed by atoms with Gasteiger partial charge >= 0.3 is 0 Å². The number of rotatable bonds is 3. The first-order valence-corrected chi connectivity index (χ1v) is 8.48. The smallest absolute Gasteiger partial charge is 0.274 e. The van der Waals surface area contributed by atoms with Gasteiger partial charge in [-0.15, -0.1) is 0 Å². The van der Waals surface area contributed by atoms with Crippen LogP contribution in [0.5, 0.6) is 0 Å². The highest BCUT2D eigenvalue weighted by Gasteiger charge is 2.12. The van der Waals surface area contributed by atoms with E-state index in [4.69, 9.17) is 5.26 Å². The van der Waals surface area contributed by atoms with E-state index in [0.29, 0.717) is 39.4 Å². The minimum Gasteiger partial charge on any atom is -0.338 e. The third kappa shape index (κ3) is 3.31. The Morgan fingerprint density at radius 3 is 2.75 bits per heavy atom. The van der Waals surface area contributed by atoms with Crippen LogP contribution < -0.4 is 5.32 Å². The molecule has 7 heteroatoms. The summed E-state index contributed by atoms with van der Waals surface area (Å²) >= 11 is 0. The Bertz CT molecular complexity index is 1260. The maximum Gasteiger partial charge on any atom is 0.274 e. The van der Waals surface area contributed by atoms with Crippen molar-refractivity contribution in [2.24, 2.45) is 0 Å². The van der Waals surface area contributed by atoms with Gasteiger partial charge in [-0.1, -0.05) is 12.1 Å².